The zero-order chi connectivity index (χ0) is 7.84. The van der Waals surface area contributed by atoms with Gasteiger partial charge in [-0.05, 0) is 44.6 Å². The standard InChI is InChI=1S/C7H4BrIN2/c8-4-1-2-10-7-5(9)3-11-6(4)7/h1-3,11H. The number of H-pyrrole nitrogens is 1. The Hall–Kier alpha value is -0.100. The number of aromatic nitrogens is 2. The monoisotopic (exact) mass is 322 g/mol. The molecule has 2 rings (SSSR count). The summed E-state index contributed by atoms with van der Waals surface area (Å²) in [7, 11) is 0. The predicted octanol–water partition coefficient (Wildman–Crippen LogP) is 2.93. The summed E-state index contributed by atoms with van der Waals surface area (Å²) < 4.78 is 2.21. The number of aromatic amines is 1. The number of pyridine rings is 1. The number of fused-ring (bicyclic) bond motifs is 1. The molecule has 2 heterocycles. The maximum Gasteiger partial charge on any atom is 0.102 e. The van der Waals surface area contributed by atoms with Crippen LogP contribution in [0.25, 0.3) is 11.0 Å². The fourth-order valence-electron chi connectivity index (χ4n) is 0.961. The summed E-state index contributed by atoms with van der Waals surface area (Å²) in [5, 5.41) is 0. The Bertz CT molecular complexity index is 396. The van der Waals surface area contributed by atoms with Crippen LogP contribution < -0.4 is 0 Å². The van der Waals surface area contributed by atoms with Crippen LogP contribution >= 0.6 is 38.5 Å². The molecule has 2 aromatic heterocycles. The summed E-state index contributed by atoms with van der Waals surface area (Å²) in [6, 6.07) is 1.93. The summed E-state index contributed by atoms with van der Waals surface area (Å²) in [6.45, 7) is 0. The highest BCUT2D eigenvalue weighted by atomic mass is 127. The first-order valence-electron chi connectivity index (χ1n) is 3.06. The molecule has 0 bridgehead atoms. The normalized spacial score (nSPS) is 10.7. The number of rotatable bonds is 0. The van der Waals surface area contributed by atoms with E-state index in [1.54, 1.807) is 6.20 Å². The second-order valence-corrected chi connectivity index (χ2v) is 4.17. The Morgan fingerprint density at radius 3 is 3.09 bits per heavy atom. The third kappa shape index (κ3) is 1.18. The van der Waals surface area contributed by atoms with Gasteiger partial charge in [-0.2, -0.15) is 0 Å². The SMILES string of the molecule is Brc1ccnc2c(I)c[nH]c12. The third-order valence-corrected chi connectivity index (χ3v) is 2.95. The molecule has 0 unspecified atom stereocenters. The zero-order valence-corrected chi connectivity index (χ0v) is 9.18. The second kappa shape index (κ2) is 2.75. The lowest BCUT2D eigenvalue weighted by molar-refractivity contribution is 1.39. The number of nitrogens with zero attached hydrogens (tertiary/aromatic N) is 1. The molecule has 1 N–H and O–H groups in total. The molecule has 0 spiro atoms. The lowest BCUT2D eigenvalue weighted by Crippen LogP contribution is -1.75. The predicted molar refractivity (Wildman–Crippen MR) is 56.5 cm³/mol. The molecule has 2 nitrogen and oxygen atoms in total. The third-order valence-electron chi connectivity index (χ3n) is 1.47. The van der Waals surface area contributed by atoms with Crippen molar-refractivity contribution in [3.05, 3.63) is 26.5 Å². The van der Waals surface area contributed by atoms with Crippen molar-refractivity contribution in [3.8, 4) is 0 Å². The summed E-state index contributed by atoms with van der Waals surface area (Å²) >= 11 is 5.69. The molecule has 0 aliphatic carbocycles. The molecule has 0 aliphatic heterocycles. The van der Waals surface area contributed by atoms with Gasteiger partial charge in [-0.25, -0.2) is 0 Å². The minimum atomic E-state index is 1.03. The molecule has 0 amide bonds. The van der Waals surface area contributed by atoms with E-state index >= 15 is 0 Å². The number of hydrogen-bond donors (Lipinski definition) is 1. The topological polar surface area (TPSA) is 28.7 Å². The second-order valence-electron chi connectivity index (χ2n) is 2.15. The van der Waals surface area contributed by atoms with Crippen molar-refractivity contribution in [2.75, 3.05) is 0 Å². The highest BCUT2D eigenvalue weighted by molar-refractivity contribution is 14.1. The van der Waals surface area contributed by atoms with E-state index in [0.29, 0.717) is 0 Å². The Morgan fingerprint density at radius 1 is 1.55 bits per heavy atom. The van der Waals surface area contributed by atoms with Crippen LogP contribution in [0.15, 0.2) is 22.9 Å². The van der Waals surface area contributed by atoms with Crippen molar-refractivity contribution in [1.82, 2.24) is 9.97 Å². The Labute approximate surface area is 85.7 Å². The number of nitrogens with one attached hydrogen (secondary N) is 1. The zero-order valence-electron chi connectivity index (χ0n) is 5.44. The molecular formula is C7H4BrIN2. The van der Waals surface area contributed by atoms with Crippen molar-refractivity contribution >= 4 is 49.6 Å². The molecule has 0 fully saturated rings. The highest BCUT2D eigenvalue weighted by Crippen LogP contribution is 2.23. The van der Waals surface area contributed by atoms with Gasteiger partial charge < -0.3 is 4.98 Å². The van der Waals surface area contributed by atoms with Crippen LogP contribution in [0.2, 0.25) is 0 Å². The van der Waals surface area contributed by atoms with Crippen LogP contribution in [-0.4, -0.2) is 9.97 Å². The molecule has 56 valence electrons. The lowest BCUT2D eigenvalue weighted by atomic mass is 10.4. The smallest absolute Gasteiger partial charge is 0.102 e. The van der Waals surface area contributed by atoms with Gasteiger partial charge in [-0.15, -0.1) is 0 Å². The molecule has 0 aliphatic rings. The van der Waals surface area contributed by atoms with E-state index in [2.05, 4.69) is 48.5 Å². The largest absolute Gasteiger partial charge is 0.358 e. The summed E-state index contributed by atoms with van der Waals surface area (Å²) in [5.74, 6) is 0. The number of halogens is 2. The highest BCUT2D eigenvalue weighted by Gasteiger charge is 2.03. The van der Waals surface area contributed by atoms with Crippen molar-refractivity contribution in [1.29, 1.82) is 0 Å². The van der Waals surface area contributed by atoms with E-state index < -0.39 is 0 Å². The van der Waals surface area contributed by atoms with Crippen molar-refractivity contribution in [3.63, 3.8) is 0 Å². The van der Waals surface area contributed by atoms with E-state index in [9.17, 15) is 0 Å². The van der Waals surface area contributed by atoms with E-state index in [1.165, 1.54) is 0 Å². The van der Waals surface area contributed by atoms with Gasteiger partial charge in [0, 0.05) is 16.9 Å². The Morgan fingerprint density at radius 2 is 2.36 bits per heavy atom. The molecule has 4 heteroatoms. The maximum atomic E-state index is 4.23. The minimum Gasteiger partial charge on any atom is -0.358 e. The van der Waals surface area contributed by atoms with E-state index in [-0.39, 0.29) is 0 Å². The van der Waals surface area contributed by atoms with Crippen LogP contribution in [0.4, 0.5) is 0 Å². The molecule has 0 atom stereocenters. The Balaban J connectivity index is 2.94. The minimum absolute atomic E-state index is 1.03. The van der Waals surface area contributed by atoms with Crippen LogP contribution in [0, 0.1) is 3.57 Å². The summed E-state index contributed by atoms with van der Waals surface area (Å²) in [6.07, 6.45) is 3.74. The fourth-order valence-corrected chi connectivity index (χ4v) is 1.95. The van der Waals surface area contributed by atoms with Gasteiger partial charge in [-0.1, -0.05) is 0 Å². The van der Waals surface area contributed by atoms with Crippen LogP contribution in [-0.2, 0) is 0 Å². The van der Waals surface area contributed by atoms with Gasteiger partial charge in [0.05, 0.1) is 9.09 Å². The van der Waals surface area contributed by atoms with Crippen molar-refractivity contribution in [2.45, 2.75) is 0 Å². The maximum absolute atomic E-state index is 4.23. The van der Waals surface area contributed by atoms with Crippen LogP contribution in [0.1, 0.15) is 0 Å². The lowest BCUT2D eigenvalue weighted by Gasteiger charge is -1.91. The molecule has 0 saturated heterocycles. The average Bonchev–Trinajstić information content (AvgIpc) is 2.35. The molecule has 11 heavy (non-hydrogen) atoms. The van der Waals surface area contributed by atoms with Crippen LogP contribution in [0.3, 0.4) is 0 Å². The summed E-state index contributed by atoms with van der Waals surface area (Å²) in [4.78, 5) is 7.37. The first-order chi connectivity index (χ1) is 5.29. The van der Waals surface area contributed by atoms with E-state index in [1.807, 2.05) is 12.3 Å². The Kier molecular flexibility index (Phi) is 1.88. The van der Waals surface area contributed by atoms with Gasteiger partial charge >= 0.3 is 0 Å². The van der Waals surface area contributed by atoms with Crippen molar-refractivity contribution < 1.29 is 0 Å². The van der Waals surface area contributed by atoms with Crippen LogP contribution in [0.5, 0.6) is 0 Å². The molecule has 0 radical (unpaired) electrons. The van der Waals surface area contributed by atoms with Crippen molar-refractivity contribution in [2.24, 2.45) is 0 Å². The molecule has 2 aromatic rings. The van der Waals surface area contributed by atoms with Gasteiger partial charge in [0.2, 0.25) is 0 Å². The molecule has 0 aromatic carbocycles. The van der Waals surface area contributed by atoms with Gasteiger partial charge in [0.25, 0.3) is 0 Å². The van der Waals surface area contributed by atoms with Gasteiger partial charge in [0.1, 0.15) is 5.52 Å². The summed E-state index contributed by atoms with van der Waals surface area (Å²) in [5.41, 5.74) is 2.09. The van der Waals surface area contributed by atoms with Gasteiger partial charge in [-0.3, -0.25) is 4.98 Å². The van der Waals surface area contributed by atoms with E-state index in [4.69, 9.17) is 0 Å². The quantitative estimate of drug-likeness (QED) is 0.742. The van der Waals surface area contributed by atoms with E-state index in [0.717, 1.165) is 19.1 Å². The fraction of sp³-hybridized carbons (Fsp3) is 0. The molecular weight excluding hydrogens is 319 g/mol. The van der Waals surface area contributed by atoms with Gasteiger partial charge in [0.15, 0.2) is 0 Å². The number of hydrogen-bond acceptors (Lipinski definition) is 1. The molecule has 0 saturated carbocycles. The first-order valence-corrected chi connectivity index (χ1v) is 4.93. The average molecular weight is 323 g/mol. The first kappa shape index (κ1) is 7.54.